The highest BCUT2D eigenvalue weighted by atomic mass is 16.3. The molecule has 0 radical (unpaired) electrons. The van der Waals surface area contributed by atoms with E-state index in [1.54, 1.807) is 0 Å². The van der Waals surface area contributed by atoms with E-state index in [2.05, 4.69) is 20.5 Å². The van der Waals surface area contributed by atoms with Crippen LogP contribution >= 0.6 is 0 Å². The lowest BCUT2D eigenvalue weighted by Crippen LogP contribution is -2.68. The van der Waals surface area contributed by atoms with Gasteiger partial charge in [0.1, 0.15) is 30.4 Å². The molecule has 1 saturated heterocycles. The van der Waals surface area contributed by atoms with Crippen molar-refractivity contribution in [1.29, 1.82) is 0 Å². The molecule has 0 bridgehead atoms. The maximum absolute atomic E-state index is 12.1. The van der Waals surface area contributed by atoms with Crippen LogP contribution in [0, 0.1) is 0 Å². The SMILES string of the molecule is Cn1nccc(C(=O)NCC2(O)CN(C(=O)Cn3cncn3)C2)c1=O. The fourth-order valence-electron chi connectivity index (χ4n) is 2.52. The second-order valence-corrected chi connectivity index (χ2v) is 5.92. The number of likely N-dealkylation sites (tertiary alicyclic amines) is 1. The Balaban J connectivity index is 1.51. The third kappa shape index (κ3) is 3.55. The quantitative estimate of drug-likeness (QED) is 0.604. The van der Waals surface area contributed by atoms with E-state index >= 15 is 0 Å². The molecule has 3 heterocycles. The summed E-state index contributed by atoms with van der Waals surface area (Å²) < 4.78 is 2.44. The van der Waals surface area contributed by atoms with Gasteiger partial charge in [-0.3, -0.25) is 14.4 Å². The molecule has 1 aliphatic heterocycles. The first-order chi connectivity index (χ1) is 11.9. The molecule has 2 amide bonds. The minimum atomic E-state index is -1.22. The van der Waals surface area contributed by atoms with Gasteiger partial charge in [0.15, 0.2) is 0 Å². The van der Waals surface area contributed by atoms with Crippen molar-refractivity contribution in [2.45, 2.75) is 12.1 Å². The number of aryl methyl sites for hydroxylation is 1. The Morgan fingerprint density at radius 3 is 2.80 bits per heavy atom. The third-order valence-electron chi connectivity index (χ3n) is 3.91. The Kier molecular flexibility index (Phi) is 4.31. The first-order valence-corrected chi connectivity index (χ1v) is 7.51. The van der Waals surface area contributed by atoms with E-state index < -0.39 is 17.1 Å². The van der Waals surface area contributed by atoms with Crippen molar-refractivity contribution in [2.24, 2.45) is 7.05 Å². The summed E-state index contributed by atoms with van der Waals surface area (Å²) >= 11 is 0. The highest BCUT2D eigenvalue weighted by molar-refractivity contribution is 5.93. The third-order valence-corrected chi connectivity index (χ3v) is 3.91. The van der Waals surface area contributed by atoms with Gasteiger partial charge in [0.2, 0.25) is 5.91 Å². The number of β-amino-alcohol motifs (C(OH)–C–C–N with tert-alkyl or cyclic N) is 1. The average Bonchev–Trinajstić information content (AvgIpc) is 3.05. The predicted octanol–water partition coefficient (Wildman–Crippen LogP) is -2.62. The topological polar surface area (TPSA) is 135 Å². The fourth-order valence-corrected chi connectivity index (χ4v) is 2.52. The number of hydrogen-bond acceptors (Lipinski definition) is 7. The molecule has 2 N–H and O–H groups in total. The van der Waals surface area contributed by atoms with Crippen LogP contribution in [0.2, 0.25) is 0 Å². The Hall–Kier alpha value is -3.08. The molecule has 0 aromatic carbocycles. The maximum atomic E-state index is 12.1. The summed E-state index contributed by atoms with van der Waals surface area (Å²) in [6, 6.07) is 1.32. The van der Waals surface area contributed by atoms with Gasteiger partial charge in [0.05, 0.1) is 19.6 Å². The second kappa shape index (κ2) is 6.43. The zero-order valence-electron chi connectivity index (χ0n) is 13.5. The van der Waals surface area contributed by atoms with Gasteiger partial charge in [-0.05, 0) is 6.07 Å². The van der Waals surface area contributed by atoms with Crippen molar-refractivity contribution < 1.29 is 14.7 Å². The number of hydrogen-bond donors (Lipinski definition) is 2. The Morgan fingerprint density at radius 1 is 1.36 bits per heavy atom. The number of aromatic nitrogens is 5. The predicted molar refractivity (Wildman–Crippen MR) is 83.4 cm³/mol. The molecule has 0 unspecified atom stereocenters. The van der Waals surface area contributed by atoms with Crippen LogP contribution in [0.15, 0.2) is 29.7 Å². The lowest BCUT2D eigenvalue weighted by Gasteiger charge is -2.46. The molecule has 2 aromatic heterocycles. The zero-order chi connectivity index (χ0) is 18.0. The van der Waals surface area contributed by atoms with Gasteiger partial charge in [-0.2, -0.15) is 10.2 Å². The van der Waals surface area contributed by atoms with Crippen LogP contribution in [-0.2, 0) is 18.4 Å². The van der Waals surface area contributed by atoms with Crippen LogP contribution in [0.25, 0.3) is 0 Å². The number of amides is 2. The summed E-state index contributed by atoms with van der Waals surface area (Å²) in [6.45, 7) is 0.157. The lowest BCUT2D eigenvalue weighted by atomic mass is 9.94. The molecule has 25 heavy (non-hydrogen) atoms. The molecule has 0 aliphatic carbocycles. The smallest absolute Gasteiger partial charge is 0.279 e. The van der Waals surface area contributed by atoms with Crippen molar-refractivity contribution >= 4 is 11.8 Å². The molecule has 2 aromatic rings. The number of nitrogens with one attached hydrogen (secondary N) is 1. The lowest BCUT2D eigenvalue weighted by molar-refractivity contribution is -0.155. The summed E-state index contributed by atoms with van der Waals surface area (Å²) in [4.78, 5) is 41.1. The second-order valence-electron chi connectivity index (χ2n) is 5.92. The maximum Gasteiger partial charge on any atom is 0.279 e. The van der Waals surface area contributed by atoms with E-state index in [1.807, 2.05) is 0 Å². The van der Waals surface area contributed by atoms with Crippen LogP contribution in [0.1, 0.15) is 10.4 Å². The molecule has 0 spiro atoms. The average molecular weight is 347 g/mol. The highest BCUT2D eigenvalue weighted by Crippen LogP contribution is 2.20. The van der Waals surface area contributed by atoms with Gasteiger partial charge in [0, 0.05) is 13.2 Å². The summed E-state index contributed by atoms with van der Waals surface area (Å²) in [5, 5.41) is 20.4. The normalized spacial score (nSPS) is 15.5. The van der Waals surface area contributed by atoms with E-state index in [4.69, 9.17) is 0 Å². The van der Waals surface area contributed by atoms with Crippen LogP contribution < -0.4 is 10.9 Å². The fraction of sp³-hybridized carbons (Fsp3) is 0.429. The molecule has 3 rings (SSSR count). The molecule has 0 saturated carbocycles. The molecule has 132 valence electrons. The van der Waals surface area contributed by atoms with Crippen LogP contribution in [0.4, 0.5) is 0 Å². The highest BCUT2D eigenvalue weighted by Gasteiger charge is 2.43. The summed E-state index contributed by atoms with van der Waals surface area (Å²) in [5.74, 6) is -0.798. The van der Waals surface area contributed by atoms with E-state index in [0.29, 0.717) is 0 Å². The molecule has 1 fully saturated rings. The van der Waals surface area contributed by atoms with Crippen LogP contribution in [0.5, 0.6) is 0 Å². The zero-order valence-corrected chi connectivity index (χ0v) is 13.5. The van der Waals surface area contributed by atoms with E-state index in [1.165, 1.54) is 41.5 Å². The van der Waals surface area contributed by atoms with Crippen molar-refractivity contribution in [3.05, 3.63) is 40.8 Å². The van der Waals surface area contributed by atoms with E-state index in [9.17, 15) is 19.5 Å². The number of carbonyl (C=O) groups excluding carboxylic acids is 2. The van der Waals surface area contributed by atoms with E-state index in [-0.39, 0.29) is 37.6 Å². The Bertz CT molecular complexity index is 839. The molecular weight excluding hydrogens is 330 g/mol. The van der Waals surface area contributed by atoms with Gasteiger partial charge in [-0.25, -0.2) is 14.3 Å². The minimum absolute atomic E-state index is 0.0372. The van der Waals surface area contributed by atoms with Crippen molar-refractivity contribution in [3.8, 4) is 0 Å². The van der Waals surface area contributed by atoms with Crippen LogP contribution in [-0.4, -0.2) is 71.6 Å². The number of rotatable bonds is 5. The number of nitrogens with zero attached hydrogens (tertiary/aromatic N) is 6. The number of carbonyl (C=O) groups is 2. The van der Waals surface area contributed by atoms with Gasteiger partial charge in [-0.1, -0.05) is 0 Å². The summed E-state index contributed by atoms with van der Waals surface area (Å²) in [7, 11) is 1.44. The first kappa shape index (κ1) is 16.8. The summed E-state index contributed by atoms with van der Waals surface area (Å²) in [6.07, 6.45) is 4.11. The number of aliphatic hydroxyl groups is 1. The molecular formula is C14H17N7O4. The largest absolute Gasteiger partial charge is 0.384 e. The summed E-state index contributed by atoms with van der Waals surface area (Å²) in [5.41, 5.74) is -1.80. The molecule has 1 aliphatic rings. The van der Waals surface area contributed by atoms with Crippen molar-refractivity contribution in [1.82, 2.24) is 34.8 Å². The molecule has 11 heteroatoms. The standard InChI is InChI=1S/C14H17N7O4/c1-19-13(24)10(2-3-17-19)12(23)16-5-14(25)6-20(7-14)11(22)4-21-9-15-8-18-21/h2-3,8-9,25H,4-7H2,1H3,(H,16,23). The van der Waals surface area contributed by atoms with Crippen molar-refractivity contribution in [3.63, 3.8) is 0 Å². The first-order valence-electron chi connectivity index (χ1n) is 7.51. The minimum Gasteiger partial charge on any atom is -0.384 e. The van der Waals surface area contributed by atoms with Gasteiger partial charge < -0.3 is 15.3 Å². The molecule has 11 nitrogen and oxygen atoms in total. The van der Waals surface area contributed by atoms with Gasteiger partial charge >= 0.3 is 0 Å². The van der Waals surface area contributed by atoms with E-state index in [0.717, 1.165) is 4.68 Å². The Labute approximate surface area is 141 Å². The Morgan fingerprint density at radius 2 is 2.12 bits per heavy atom. The van der Waals surface area contributed by atoms with Crippen LogP contribution in [0.3, 0.4) is 0 Å². The molecule has 0 atom stereocenters. The van der Waals surface area contributed by atoms with Gasteiger partial charge in [-0.15, -0.1) is 0 Å². The monoisotopic (exact) mass is 347 g/mol. The van der Waals surface area contributed by atoms with Gasteiger partial charge in [0.25, 0.3) is 11.5 Å². The van der Waals surface area contributed by atoms with Crippen molar-refractivity contribution in [2.75, 3.05) is 19.6 Å².